The Bertz CT molecular complexity index is 434. The van der Waals surface area contributed by atoms with E-state index in [0.717, 1.165) is 6.07 Å². The molecular weight excluding hydrogens is 256 g/mol. The van der Waals surface area contributed by atoms with E-state index in [1.165, 1.54) is 44.2 Å². The third-order valence-corrected chi connectivity index (χ3v) is 2.92. The van der Waals surface area contributed by atoms with E-state index in [2.05, 4.69) is 13.8 Å². The van der Waals surface area contributed by atoms with Crippen molar-refractivity contribution in [3.05, 3.63) is 34.9 Å². The van der Waals surface area contributed by atoms with Gasteiger partial charge in [0.1, 0.15) is 0 Å². The molecule has 1 aromatic carbocycles. The van der Waals surface area contributed by atoms with Gasteiger partial charge >= 0.3 is 11.9 Å². The molecule has 0 atom stereocenters. The molecule has 20 heavy (non-hydrogen) atoms. The van der Waals surface area contributed by atoms with Crippen LogP contribution in [0.4, 0.5) is 0 Å². The van der Waals surface area contributed by atoms with E-state index in [9.17, 15) is 9.59 Å². The highest BCUT2D eigenvalue weighted by atomic mass is 16.4. The highest BCUT2D eigenvalue weighted by Crippen LogP contribution is 2.11. The molecule has 1 rings (SSSR count). The molecular formula is C16H24O4. The predicted molar refractivity (Wildman–Crippen MR) is 79.5 cm³/mol. The van der Waals surface area contributed by atoms with Crippen LogP contribution in [0.1, 0.15) is 72.2 Å². The van der Waals surface area contributed by atoms with Gasteiger partial charge < -0.3 is 10.2 Å². The molecule has 2 N–H and O–H groups in total. The summed E-state index contributed by atoms with van der Waals surface area (Å²) in [7, 11) is 0. The number of benzene rings is 1. The molecule has 4 heteroatoms. The molecule has 4 nitrogen and oxygen atoms in total. The number of aryl methyl sites for hydroxylation is 1. The summed E-state index contributed by atoms with van der Waals surface area (Å²) in [5.41, 5.74) is 0.570. The van der Waals surface area contributed by atoms with Crippen LogP contribution in [-0.4, -0.2) is 22.2 Å². The Morgan fingerprint density at radius 1 is 0.950 bits per heavy atom. The number of hydrogen-bond acceptors (Lipinski definition) is 2. The van der Waals surface area contributed by atoms with Crippen LogP contribution in [0.3, 0.4) is 0 Å². The summed E-state index contributed by atoms with van der Waals surface area (Å²) in [6.45, 7) is 6.11. The first-order valence-corrected chi connectivity index (χ1v) is 7.01. The molecule has 0 unspecified atom stereocenters. The van der Waals surface area contributed by atoms with Gasteiger partial charge in [-0.25, -0.2) is 9.59 Å². The molecule has 0 saturated heterocycles. The SMILES string of the molecule is CCCCCCC.Cc1ccc(C(=O)O)cc1C(=O)O. The third kappa shape index (κ3) is 6.92. The summed E-state index contributed by atoms with van der Waals surface area (Å²) in [6.07, 6.45) is 7.01. The summed E-state index contributed by atoms with van der Waals surface area (Å²) in [5.74, 6) is -2.23. The number of unbranched alkanes of at least 4 members (excludes halogenated alkanes) is 4. The van der Waals surface area contributed by atoms with Crippen LogP contribution in [0.15, 0.2) is 18.2 Å². The lowest BCUT2D eigenvalue weighted by Crippen LogP contribution is -2.03. The third-order valence-electron chi connectivity index (χ3n) is 2.92. The highest BCUT2D eigenvalue weighted by molar-refractivity contribution is 5.94. The lowest BCUT2D eigenvalue weighted by atomic mass is 10.1. The Hall–Kier alpha value is -1.84. The maximum Gasteiger partial charge on any atom is 0.335 e. The Morgan fingerprint density at radius 2 is 1.50 bits per heavy atom. The van der Waals surface area contributed by atoms with Crippen molar-refractivity contribution in [2.24, 2.45) is 0 Å². The molecule has 0 aliphatic carbocycles. The number of aromatic carboxylic acids is 2. The lowest BCUT2D eigenvalue weighted by molar-refractivity contribution is 0.0695. The van der Waals surface area contributed by atoms with Gasteiger partial charge in [-0.15, -0.1) is 0 Å². The van der Waals surface area contributed by atoms with Crippen molar-refractivity contribution in [1.29, 1.82) is 0 Å². The smallest absolute Gasteiger partial charge is 0.335 e. The highest BCUT2D eigenvalue weighted by Gasteiger charge is 2.10. The zero-order valence-corrected chi connectivity index (χ0v) is 12.5. The van der Waals surface area contributed by atoms with E-state index in [4.69, 9.17) is 10.2 Å². The molecule has 1 aromatic rings. The van der Waals surface area contributed by atoms with Crippen LogP contribution >= 0.6 is 0 Å². The molecule has 0 spiro atoms. The topological polar surface area (TPSA) is 74.6 Å². The van der Waals surface area contributed by atoms with Gasteiger partial charge in [-0.05, 0) is 24.6 Å². The van der Waals surface area contributed by atoms with Crippen molar-refractivity contribution < 1.29 is 19.8 Å². The fraction of sp³-hybridized carbons (Fsp3) is 0.500. The summed E-state index contributed by atoms with van der Waals surface area (Å²) in [5, 5.41) is 17.3. The van der Waals surface area contributed by atoms with Crippen LogP contribution in [0, 0.1) is 6.92 Å². The first kappa shape index (κ1) is 18.2. The van der Waals surface area contributed by atoms with Gasteiger partial charge in [-0.1, -0.05) is 52.0 Å². The largest absolute Gasteiger partial charge is 0.478 e. The lowest BCUT2D eigenvalue weighted by Gasteiger charge is -2.01. The van der Waals surface area contributed by atoms with E-state index in [0.29, 0.717) is 5.56 Å². The van der Waals surface area contributed by atoms with Crippen LogP contribution in [0.2, 0.25) is 0 Å². The Balaban J connectivity index is 0.000000441. The van der Waals surface area contributed by atoms with Crippen molar-refractivity contribution in [1.82, 2.24) is 0 Å². The molecule has 0 fully saturated rings. The normalized spacial score (nSPS) is 9.55. The van der Waals surface area contributed by atoms with E-state index in [1.807, 2.05) is 0 Å². The molecule has 0 bridgehead atoms. The minimum Gasteiger partial charge on any atom is -0.478 e. The maximum absolute atomic E-state index is 10.6. The first-order chi connectivity index (χ1) is 9.43. The molecule has 0 aliphatic rings. The molecule has 0 saturated carbocycles. The van der Waals surface area contributed by atoms with Crippen molar-refractivity contribution in [3.63, 3.8) is 0 Å². The average molecular weight is 280 g/mol. The Labute approximate surface area is 120 Å². The monoisotopic (exact) mass is 280 g/mol. The van der Waals surface area contributed by atoms with E-state index < -0.39 is 11.9 Å². The van der Waals surface area contributed by atoms with E-state index >= 15 is 0 Å². The van der Waals surface area contributed by atoms with Crippen LogP contribution in [0.25, 0.3) is 0 Å². The van der Waals surface area contributed by atoms with Gasteiger partial charge in [0.15, 0.2) is 0 Å². The number of hydrogen-bond donors (Lipinski definition) is 2. The fourth-order valence-corrected chi connectivity index (χ4v) is 1.66. The van der Waals surface area contributed by atoms with Crippen molar-refractivity contribution in [3.8, 4) is 0 Å². The summed E-state index contributed by atoms with van der Waals surface area (Å²) in [4.78, 5) is 21.1. The molecule has 0 radical (unpaired) electrons. The Kier molecular flexibility index (Phi) is 9.09. The standard InChI is InChI=1S/C9H8O4.C7H16/c1-5-2-3-6(8(10)11)4-7(5)9(12)13;1-3-5-7-6-4-2/h2-4H,1H3,(H,10,11)(H,12,13);3-7H2,1-2H3. The van der Waals surface area contributed by atoms with Crippen LogP contribution in [-0.2, 0) is 0 Å². The molecule has 112 valence electrons. The van der Waals surface area contributed by atoms with E-state index in [1.54, 1.807) is 6.92 Å². The van der Waals surface area contributed by atoms with Gasteiger partial charge in [0.25, 0.3) is 0 Å². The molecule has 0 aliphatic heterocycles. The summed E-state index contributed by atoms with van der Waals surface area (Å²) >= 11 is 0. The van der Waals surface area contributed by atoms with Gasteiger partial charge in [-0.2, -0.15) is 0 Å². The maximum atomic E-state index is 10.6. The molecule has 0 heterocycles. The zero-order valence-electron chi connectivity index (χ0n) is 12.5. The number of rotatable bonds is 6. The van der Waals surface area contributed by atoms with Crippen molar-refractivity contribution >= 4 is 11.9 Å². The zero-order chi connectivity index (χ0) is 15.5. The van der Waals surface area contributed by atoms with Crippen LogP contribution < -0.4 is 0 Å². The quantitative estimate of drug-likeness (QED) is 0.759. The van der Waals surface area contributed by atoms with Crippen LogP contribution in [0.5, 0.6) is 0 Å². The number of carboxylic acid groups (broad SMARTS) is 2. The number of carboxylic acids is 2. The second-order valence-corrected chi connectivity index (χ2v) is 4.70. The molecule has 0 amide bonds. The summed E-state index contributed by atoms with van der Waals surface area (Å²) in [6, 6.07) is 4.01. The Morgan fingerprint density at radius 3 is 1.90 bits per heavy atom. The van der Waals surface area contributed by atoms with Gasteiger partial charge in [-0.3, -0.25) is 0 Å². The van der Waals surface area contributed by atoms with Gasteiger partial charge in [0.05, 0.1) is 11.1 Å². The minimum absolute atomic E-state index is 0.0111. The van der Waals surface area contributed by atoms with Crippen molar-refractivity contribution in [2.45, 2.75) is 52.9 Å². The summed E-state index contributed by atoms with van der Waals surface area (Å²) < 4.78 is 0. The van der Waals surface area contributed by atoms with E-state index in [-0.39, 0.29) is 11.1 Å². The van der Waals surface area contributed by atoms with Crippen molar-refractivity contribution in [2.75, 3.05) is 0 Å². The second-order valence-electron chi connectivity index (χ2n) is 4.70. The predicted octanol–water partition coefficient (Wildman–Crippen LogP) is 4.37. The minimum atomic E-state index is -1.12. The second kappa shape index (κ2) is 10.0. The first-order valence-electron chi connectivity index (χ1n) is 7.01. The van der Waals surface area contributed by atoms with Gasteiger partial charge in [0, 0.05) is 0 Å². The van der Waals surface area contributed by atoms with Gasteiger partial charge in [0.2, 0.25) is 0 Å². The average Bonchev–Trinajstić information content (AvgIpc) is 2.40. The molecule has 0 aromatic heterocycles. The number of carbonyl (C=O) groups is 2. The fourth-order valence-electron chi connectivity index (χ4n) is 1.66.